The quantitative estimate of drug-likeness (QED) is 0.0266. The number of ketones is 2. The molecule has 0 aromatic heterocycles. The third-order valence-corrected chi connectivity index (χ3v) is 12.8. The number of hydrogen-bond donors (Lipinski definition) is 0. The molecule has 0 aromatic rings. The number of Topliss-reactive ketones (excluding diaryl/α,β-unsaturated/α-hetero) is 1. The van der Waals surface area contributed by atoms with Gasteiger partial charge in [-0.3, -0.25) is 19.3 Å². The highest BCUT2D eigenvalue weighted by Crippen LogP contribution is 2.30. The van der Waals surface area contributed by atoms with Crippen LogP contribution in [0.3, 0.4) is 0 Å². The molecule has 1 rings (SSSR count). The highest BCUT2D eigenvalue weighted by molar-refractivity contribution is 5.89. The maximum atomic E-state index is 13.4. The first kappa shape index (κ1) is 54.2. The standard InChI is InChI=1S/C52H95NO5/c1-9-12-15-18-20-27-34-49(35-28-21-19-16-13-10-2)58-50(56)52(7,8)39-30-23-25-32-41-57-44-47-42-46(36-37-48(55)33-26-17-14-11-3)43-53(47)40-31-24-22-29-38-51(5,6)45(4)54/h11,14,36-37,46-47,49H,9-10,12-13,15-35,38-44H2,1-8H3/b14-11+,37-36-/t46-,47-/m0/s1. The molecule has 0 N–H and O–H groups in total. The first-order chi connectivity index (χ1) is 27.9. The van der Waals surface area contributed by atoms with Gasteiger partial charge >= 0.3 is 5.97 Å². The van der Waals surface area contributed by atoms with Gasteiger partial charge < -0.3 is 9.47 Å². The average molecular weight is 814 g/mol. The maximum Gasteiger partial charge on any atom is 0.311 e. The lowest BCUT2D eigenvalue weighted by molar-refractivity contribution is -0.161. The second kappa shape index (κ2) is 33.9. The minimum atomic E-state index is -0.448. The van der Waals surface area contributed by atoms with Crippen molar-refractivity contribution in [2.24, 2.45) is 16.7 Å². The van der Waals surface area contributed by atoms with Crippen LogP contribution in [0.5, 0.6) is 0 Å². The van der Waals surface area contributed by atoms with Crippen molar-refractivity contribution in [2.45, 2.75) is 247 Å². The summed E-state index contributed by atoms with van der Waals surface area (Å²) in [5, 5.41) is 0. The van der Waals surface area contributed by atoms with E-state index in [-0.39, 0.29) is 29.1 Å². The first-order valence-electron chi connectivity index (χ1n) is 24.7. The molecule has 0 unspecified atom stereocenters. The number of unbranched alkanes of at least 4 members (excludes halogenated alkanes) is 17. The Morgan fingerprint density at radius 1 is 0.707 bits per heavy atom. The predicted octanol–water partition coefficient (Wildman–Crippen LogP) is 14.5. The maximum absolute atomic E-state index is 13.4. The van der Waals surface area contributed by atoms with Crippen molar-refractivity contribution in [3.05, 3.63) is 24.3 Å². The number of hydrogen-bond acceptors (Lipinski definition) is 6. The molecule has 1 heterocycles. The molecule has 0 saturated carbocycles. The second-order valence-corrected chi connectivity index (χ2v) is 19.3. The van der Waals surface area contributed by atoms with Gasteiger partial charge in [-0.1, -0.05) is 149 Å². The Morgan fingerprint density at radius 2 is 1.26 bits per heavy atom. The Hall–Kier alpha value is -1.79. The van der Waals surface area contributed by atoms with E-state index in [1.165, 1.54) is 70.6 Å². The van der Waals surface area contributed by atoms with E-state index in [9.17, 15) is 14.4 Å². The molecule has 6 nitrogen and oxygen atoms in total. The minimum absolute atomic E-state index is 0.00207. The molecule has 1 aliphatic rings. The third-order valence-electron chi connectivity index (χ3n) is 12.8. The lowest BCUT2D eigenvalue weighted by Crippen LogP contribution is -2.34. The second-order valence-electron chi connectivity index (χ2n) is 19.3. The summed E-state index contributed by atoms with van der Waals surface area (Å²) in [5.74, 6) is 0.907. The summed E-state index contributed by atoms with van der Waals surface area (Å²) in [6.07, 6.45) is 39.8. The zero-order chi connectivity index (χ0) is 42.9. The fraction of sp³-hybridized carbons (Fsp3) is 0.865. The Morgan fingerprint density at radius 3 is 1.86 bits per heavy atom. The SMILES string of the molecule is C/C=C/CCCC(=O)/C=C\[C@H]1C[C@@H](COCCCCCCC(C)(C)C(=O)OC(CCCCCCCC)CCCCCCCC)N(CCCCCCC(C)(C)C(C)=O)C1. The first-order valence-corrected chi connectivity index (χ1v) is 24.7. The zero-order valence-corrected chi connectivity index (χ0v) is 39.7. The van der Waals surface area contributed by atoms with Crippen molar-refractivity contribution in [1.29, 1.82) is 0 Å². The van der Waals surface area contributed by atoms with Crippen molar-refractivity contribution >= 4 is 17.5 Å². The van der Waals surface area contributed by atoms with Gasteiger partial charge in [0.15, 0.2) is 5.78 Å². The Labute approximate surface area is 359 Å². The summed E-state index contributed by atoms with van der Waals surface area (Å²) in [5.41, 5.74) is -0.662. The fourth-order valence-electron chi connectivity index (χ4n) is 8.23. The van der Waals surface area contributed by atoms with Crippen LogP contribution < -0.4 is 0 Å². The van der Waals surface area contributed by atoms with Crippen LogP contribution in [-0.2, 0) is 23.9 Å². The summed E-state index contributed by atoms with van der Waals surface area (Å²) in [6.45, 7) is 20.1. The molecule has 0 amide bonds. The van der Waals surface area contributed by atoms with Crippen LogP contribution in [0, 0.1) is 16.7 Å². The van der Waals surface area contributed by atoms with Crippen LogP contribution >= 0.6 is 0 Å². The van der Waals surface area contributed by atoms with E-state index in [0.29, 0.717) is 18.4 Å². The van der Waals surface area contributed by atoms with Crippen molar-refractivity contribution in [3.8, 4) is 0 Å². The lowest BCUT2D eigenvalue weighted by Gasteiger charge is -2.27. The molecular formula is C52H95NO5. The van der Waals surface area contributed by atoms with Gasteiger partial charge in [0.1, 0.15) is 11.9 Å². The van der Waals surface area contributed by atoms with Crippen molar-refractivity contribution in [1.82, 2.24) is 4.90 Å². The summed E-state index contributed by atoms with van der Waals surface area (Å²) in [6, 6.07) is 0.383. The molecule has 0 radical (unpaired) electrons. The molecule has 1 fully saturated rings. The molecule has 1 saturated heterocycles. The van der Waals surface area contributed by atoms with Gasteiger partial charge in [-0.25, -0.2) is 0 Å². The van der Waals surface area contributed by atoms with Gasteiger partial charge in [-0.15, -0.1) is 0 Å². The molecule has 6 heteroatoms. The molecule has 338 valence electrons. The smallest absolute Gasteiger partial charge is 0.311 e. The molecule has 2 atom stereocenters. The van der Waals surface area contributed by atoms with E-state index in [1.54, 1.807) is 6.92 Å². The van der Waals surface area contributed by atoms with Gasteiger partial charge in [0.25, 0.3) is 0 Å². The summed E-state index contributed by atoms with van der Waals surface area (Å²) >= 11 is 0. The number of ether oxygens (including phenoxy) is 2. The monoisotopic (exact) mass is 814 g/mol. The average Bonchev–Trinajstić information content (AvgIpc) is 3.58. The highest BCUT2D eigenvalue weighted by Gasteiger charge is 2.32. The number of nitrogens with zero attached hydrogens (tertiary/aromatic N) is 1. The van der Waals surface area contributed by atoms with E-state index in [2.05, 4.69) is 58.6 Å². The normalized spacial score (nSPS) is 16.7. The third kappa shape index (κ3) is 27.1. The van der Waals surface area contributed by atoms with E-state index in [1.807, 2.05) is 19.1 Å². The van der Waals surface area contributed by atoms with E-state index >= 15 is 0 Å². The van der Waals surface area contributed by atoms with Crippen molar-refractivity contribution in [2.75, 3.05) is 26.3 Å². The van der Waals surface area contributed by atoms with Crippen LogP contribution in [0.25, 0.3) is 0 Å². The summed E-state index contributed by atoms with van der Waals surface area (Å²) < 4.78 is 12.6. The molecule has 1 aliphatic heterocycles. The summed E-state index contributed by atoms with van der Waals surface area (Å²) in [4.78, 5) is 40.4. The largest absolute Gasteiger partial charge is 0.462 e. The van der Waals surface area contributed by atoms with Crippen LogP contribution in [0.2, 0.25) is 0 Å². The summed E-state index contributed by atoms with van der Waals surface area (Å²) in [7, 11) is 0. The number of carbonyl (C=O) groups is 3. The highest BCUT2D eigenvalue weighted by atomic mass is 16.5. The van der Waals surface area contributed by atoms with Gasteiger partial charge in [-0.05, 0) is 117 Å². The molecule has 58 heavy (non-hydrogen) atoms. The van der Waals surface area contributed by atoms with Crippen LogP contribution in [-0.4, -0.2) is 60.9 Å². The number of esters is 1. The van der Waals surface area contributed by atoms with Crippen LogP contribution in [0.4, 0.5) is 0 Å². The Bertz CT molecular complexity index is 1090. The van der Waals surface area contributed by atoms with Gasteiger partial charge in [0.2, 0.25) is 0 Å². The fourth-order valence-corrected chi connectivity index (χ4v) is 8.23. The van der Waals surface area contributed by atoms with Gasteiger partial charge in [-0.2, -0.15) is 0 Å². The topological polar surface area (TPSA) is 72.9 Å². The van der Waals surface area contributed by atoms with E-state index in [0.717, 1.165) is 129 Å². The predicted molar refractivity (Wildman–Crippen MR) is 247 cm³/mol. The molecular weight excluding hydrogens is 719 g/mol. The number of allylic oxidation sites excluding steroid dienone is 3. The van der Waals surface area contributed by atoms with E-state index in [4.69, 9.17) is 9.47 Å². The van der Waals surface area contributed by atoms with Crippen LogP contribution in [0.1, 0.15) is 235 Å². The molecule has 0 aromatic carbocycles. The Balaban J connectivity index is 2.51. The molecule has 0 bridgehead atoms. The van der Waals surface area contributed by atoms with Crippen molar-refractivity contribution < 1.29 is 23.9 Å². The van der Waals surface area contributed by atoms with E-state index < -0.39 is 5.41 Å². The minimum Gasteiger partial charge on any atom is -0.462 e. The molecule has 0 spiro atoms. The zero-order valence-electron chi connectivity index (χ0n) is 39.7. The van der Waals surface area contributed by atoms with Crippen LogP contribution in [0.15, 0.2) is 24.3 Å². The number of rotatable bonds is 39. The number of carbonyl (C=O) groups excluding carboxylic acids is 3. The van der Waals surface area contributed by atoms with Gasteiger partial charge in [0.05, 0.1) is 12.0 Å². The Kier molecular flexibility index (Phi) is 31.7. The molecule has 0 aliphatic carbocycles. The van der Waals surface area contributed by atoms with Crippen molar-refractivity contribution in [3.63, 3.8) is 0 Å². The van der Waals surface area contributed by atoms with Gasteiger partial charge in [0, 0.05) is 31.0 Å². The number of likely N-dealkylation sites (tertiary alicyclic amines) is 1. The lowest BCUT2D eigenvalue weighted by atomic mass is 9.83.